The zero-order chi connectivity index (χ0) is 13.9. The molecule has 0 aliphatic heterocycles. The molecule has 0 unspecified atom stereocenters. The number of hydrogen-bond acceptors (Lipinski definition) is 3. The Morgan fingerprint density at radius 3 is 2.56 bits per heavy atom. The molecule has 0 saturated carbocycles. The molecule has 0 spiro atoms. The first kappa shape index (κ1) is 15.5. The van der Waals surface area contributed by atoms with Gasteiger partial charge < -0.3 is 5.11 Å². The van der Waals surface area contributed by atoms with Gasteiger partial charge in [-0.3, -0.25) is 0 Å². The number of nitrogens with zero attached hydrogens (tertiary/aromatic N) is 1. The lowest BCUT2D eigenvalue weighted by Crippen LogP contribution is -2.29. The minimum Gasteiger partial charge on any atom is -0.396 e. The summed E-state index contributed by atoms with van der Waals surface area (Å²) in [5, 5.41) is 8.64. The van der Waals surface area contributed by atoms with Crippen molar-refractivity contribution in [2.45, 2.75) is 11.3 Å². The highest BCUT2D eigenvalue weighted by atomic mass is 79.9. The molecule has 1 rings (SSSR count). The van der Waals surface area contributed by atoms with E-state index in [1.807, 2.05) is 0 Å². The van der Waals surface area contributed by atoms with Crippen molar-refractivity contribution in [1.82, 2.24) is 4.31 Å². The third kappa shape index (κ3) is 3.25. The fourth-order valence-corrected chi connectivity index (χ4v) is 3.43. The average Bonchev–Trinajstić information content (AvgIpc) is 2.30. The number of rotatable bonds is 5. The van der Waals surface area contributed by atoms with Gasteiger partial charge in [0.15, 0.2) is 0 Å². The SMILES string of the molecule is CN(CCCO)S(=O)(=O)c1cc(F)cc(F)c1Br. The Bertz CT molecular complexity index is 536. The van der Waals surface area contributed by atoms with Crippen LogP contribution in [0.25, 0.3) is 0 Å². The van der Waals surface area contributed by atoms with E-state index in [9.17, 15) is 17.2 Å². The van der Waals surface area contributed by atoms with Crippen LogP contribution in [0.1, 0.15) is 6.42 Å². The first-order valence-electron chi connectivity index (χ1n) is 5.02. The molecule has 0 saturated heterocycles. The van der Waals surface area contributed by atoms with E-state index in [0.29, 0.717) is 6.07 Å². The van der Waals surface area contributed by atoms with E-state index < -0.39 is 26.6 Å². The second-order valence-electron chi connectivity index (χ2n) is 3.60. The summed E-state index contributed by atoms with van der Waals surface area (Å²) in [6, 6.07) is 1.34. The summed E-state index contributed by atoms with van der Waals surface area (Å²) in [6.45, 7) is -0.109. The Morgan fingerprint density at radius 1 is 1.39 bits per heavy atom. The molecule has 1 N–H and O–H groups in total. The summed E-state index contributed by atoms with van der Waals surface area (Å²) in [7, 11) is -2.71. The molecule has 0 fully saturated rings. The standard InChI is InChI=1S/C10H12BrF2NO3S/c1-14(3-2-4-15)18(16,17)9-6-7(12)5-8(13)10(9)11/h5-6,15H,2-4H2,1H3. The van der Waals surface area contributed by atoms with E-state index >= 15 is 0 Å². The van der Waals surface area contributed by atoms with Gasteiger partial charge in [-0.25, -0.2) is 21.5 Å². The maximum absolute atomic E-state index is 13.3. The van der Waals surface area contributed by atoms with Crippen LogP contribution in [0.3, 0.4) is 0 Å². The van der Waals surface area contributed by atoms with Crippen molar-refractivity contribution in [3.63, 3.8) is 0 Å². The van der Waals surface area contributed by atoms with Gasteiger partial charge in [0.1, 0.15) is 16.5 Å². The topological polar surface area (TPSA) is 57.6 Å². The molecule has 1 aromatic rings. The summed E-state index contributed by atoms with van der Waals surface area (Å²) >= 11 is 2.79. The highest BCUT2D eigenvalue weighted by Crippen LogP contribution is 2.28. The average molecular weight is 344 g/mol. The summed E-state index contributed by atoms with van der Waals surface area (Å²) in [4.78, 5) is -0.472. The fourth-order valence-electron chi connectivity index (χ4n) is 1.30. The molecule has 102 valence electrons. The molecule has 4 nitrogen and oxygen atoms in total. The predicted molar refractivity (Wildman–Crippen MR) is 65.6 cm³/mol. The largest absolute Gasteiger partial charge is 0.396 e. The van der Waals surface area contributed by atoms with Crippen LogP contribution >= 0.6 is 15.9 Å². The summed E-state index contributed by atoms with van der Waals surface area (Å²) in [6.07, 6.45) is 0.241. The summed E-state index contributed by atoms with van der Waals surface area (Å²) < 4.78 is 51.1. The van der Waals surface area contributed by atoms with Crippen LogP contribution in [0.5, 0.6) is 0 Å². The smallest absolute Gasteiger partial charge is 0.244 e. The quantitative estimate of drug-likeness (QED) is 0.828. The lowest BCUT2D eigenvalue weighted by Gasteiger charge is -2.17. The van der Waals surface area contributed by atoms with E-state index in [-0.39, 0.29) is 24.0 Å². The molecule has 0 heterocycles. The van der Waals surface area contributed by atoms with Gasteiger partial charge in [-0.1, -0.05) is 0 Å². The Labute approximate surface area is 112 Å². The van der Waals surface area contributed by atoms with Gasteiger partial charge in [-0.2, -0.15) is 0 Å². The van der Waals surface area contributed by atoms with Crippen molar-refractivity contribution < 1.29 is 22.3 Å². The second-order valence-corrected chi connectivity index (χ2v) is 6.41. The lowest BCUT2D eigenvalue weighted by atomic mass is 10.3. The van der Waals surface area contributed by atoms with Crippen molar-refractivity contribution in [3.05, 3.63) is 28.2 Å². The molecule has 0 bridgehead atoms. The Hall–Kier alpha value is -0.570. The van der Waals surface area contributed by atoms with Crippen molar-refractivity contribution in [2.24, 2.45) is 0 Å². The van der Waals surface area contributed by atoms with Crippen LogP contribution in [0.2, 0.25) is 0 Å². The number of halogens is 3. The predicted octanol–water partition coefficient (Wildman–Crippen LogP) is 1.73. The number of aliphatic hydroxyl groups is 1. The number of hydrogen-bond donors (Lipinski definition) is 1. The first-order valence-corrected chi connectivity index (χ1v) is 7.25. The van der Waals surface area contributed by atoms with Crippen molar-refractivity contribution >= 4 is 26.0 Å². The van der Waals surface area contributed by atoms with Crippen LogP contribution in [-0.4, -0.2) is 38.0 Å². The monoisotopic (exact) mass is 343 g/mol. The third-order valence-corrected chi connectivity index (χ3v) is 5.23. The Morgan fingerprint density at radius 2 is 2.00 bits per heavy atom. The normalized spacial score (nSPS) is 12.1. The molecule has 8 heteroatoms. The van der Waals surface area contributed by atoms with Crippen molar-refractivity contribution in [2.75, 3.05) is 20.2 Å². The number of benzene rings is 1. The van der Waals surface area contributed by atoms with Crippen molar-refractivity contribution in [1.29, 1.82) is 0 Å². The molecule has 18 heavy (non-hydrogen) atoms. The van der Waals surface area contributed by atoms with Crippen LogP contribution in [0.15, 0.2) is 21.5 Å². The lowest BCUT2D eigenvalue weighted by molar-refractivity contribution is 0.275. The zero-order valence-electron chi connectivity index (χ0n) is 9.53. The molecular weight excluding hydrogens is 332 g/mol. The van der Waals surface area contributed by atoms with E-state index in [4.69, 9.17) is 5.11 Å². The number of aliphatic hydroxyl groups excluding tert-OH is 1. The maximum Gasteiger partial charge on any atom is 0.244 e. The highest BCUT2D eigenvalue weighted by molar-refractivity contribution is 9.10. The van der Waals surface area contributed by atoms with Gasteiger partial charge in [0, 0.05) is 26.3 Å². The molecule has 0 aromatic heterocycles. The Balaban J connectivity index is 3.20. The van der Waals surface area contributed by atoms with Gasteiger partial charge >= 0.3 is 0 Å². The maximum atomic E-state index is 13.3. The minimum atomic E-state index is -3.99. The van der Waals surface area contributed by atoms with Gasteiger partial charge in [0.05, 0.1) is 4.47 Å². The molecule has 1 aromatic carbocycles. The molecule has 0 atom stereocenters. The van der Waals surface area contributed by atoms with Gasteiger partial charge in [0.2, 0.25) is 10.0 Å². The summed E-state index contributed by atoms with van der Waals surface area (Å²) in [5.41, 5.74) is 0. The first-order chi connectivity index (χ1) is 8.30. The van der Waals surface area contributed by atoms with E-state index in [1.165, 1.54) is 7.05 Å². The van der Waals surface area contributed by atoms with E-state index in [0.717, 1.165) is 10.4 Å². The van der Waals surface area contributed by atoms with Crippen LogP contribution in [-0.2, 0) is 10.0 Å². The molecular formula is C10H12BrF2NO3S. The van der Waals surface area contributed by atoms with Crippen molar-refractivity contribution in [3.8, 4) is 0 Å². The van der Waals surface area contributed by atoms with E-state index in [1.54, 1.807) is 0 Å². The van der Waals surface area contributed by atoms with Crippen LogP contribution < -0.4 is 0 Å². The molecule has 0 aliphatic carbocycles. The summed E-state index contributed by atoms with van der Waals surface area (Å²) in [5.74, 6) is -1.95. The third-order valence-electron chi connectivity index (χ3n) is 2.28. The Kier molecular flexibility index (Phi) is 5.20. The molecule has 0 amide bonds. The number of sulfonamides is 1. The molecule has 0 radical (unpaired) electrons. The molecule has 0 aliphatic rings. The second kappa shape index (κ2) is 6.05. The van der Waals surface area contributed by atoms with E-state index in [2.05, 4.69) is 15.9 Å². The van der Waals surface area contributed by atoms with Gasteiger partial charge in [-0.05, 0) is 28.4 Å². The van der Waals surface area contributed by atoms with Crippen LogP contribution in [0, 0.1) is 11.6 Å². The van der Waals surface area contributed by atoms with Gasteiger partial charge in [0.25, 0.3) is 0 Å². The van der Waals surface area contributed by atoms with Gasteiger partial charge in [-0.15, -0.1) is 0 Å². The van der Waals surface area contributed by atoms with Crippen LogP contribution in [0.4, 0.5) is 8.78 Å². The zero-order valence-corrected chi connectivity index (χ0v) is 11.9. The minimum absolute atomic E-state index is 0.0589. The highest BCUT2D eigenvalue weighted by Gasteiger charge is 2.25. The fraction of sp³-hybridized carbons (Fsp3) is 0.400.